The molecular formula is C9H17N3O2. The van der Waals surface area contributed by atoms with Gasteiger partial charge < -0.3 is 9.84 Å². The summed E-state index contributed by atoms with van der Waals surface area (Å²) in [7, 11) is 1.57. The number of nitrogens with zero attached hydrogens (tertiary/aromatic N) is 3. The van der Waals surface area contributed by atoms with Crippen LogP contribution >= 0.6 is 0 Å². The lowest BCUT2D eigenvalue weighted by atomic mass is 10.2. The molecule has 0 aliphatic carbocycles. The summed E-state index contributed by atoms with van der Waals surface area (Å²) in [5.74, 6) is 0.796. The molecule has 1 rings (SSSR count). The van der Waals surface area contributed by atoms with Gasteiger partial charge in [0.2, 0.25) is 0 Å². The predicted octanol–water partition coefficient (Wildman–Crippen LogP) is 0.409. The molecule has 14 heavy (non-hydrogen) atoms. The van der Waals surface area contributed by atoms with Crippen molar-refractivity contribution in [1.29, 1.82) is 0 Å². The van der Waals surface area contributed by atoms with Crippen molar-refractivity contribution in [3.63, 3.8) is 0 Å². The van der Waals surface area contributed by atoms with E-state index in [4.69, 9.17) is 4.74 Å². The highest BCUT2D eigenvalue weighted by Gasteiger charge is 2.12. The minimum Gasteiger partial charge on any atom is -0.390 e. The van der Waals surface area contributed by atoms with Crippen LogP contribution in [0.15, 0.2) is 6.33 Å². The standard InChI is InChI=1S/C9H17N3O2/c1-7(2)12-9(10-6-11-12)4-8(13)5-14-3/h6-8,13H,4-5H2,1-3H3. The molecule has 0 spiro atoms. The van der Waals surface area contributed by atoms with E-state index in [0.29, 0.717) is 13.0 Å². The number of hydrogen-bond donors (Lipinski definition) is 1. The molecule has 1 heterocycles. The van der Waals surface area contributed by atoms with Gasteiger partial charge in [-0.15, -0.1) is 0 Å². The van der Waals surface area contributed by atoms with E-state index in [1.54, 1.807) is 11.8 Å². The molecule has 0 bridgehead atoms. The first-order valence-corrected chi connectivity index (χ1v) is 4.70. The summed E-state index contributed by atoms with van der Waals surface area (Å²) in [4.78, 5) is 4.10. The van der Waals surface area contributed by atoms with Crippen LogP contribution in [0.2, 0.25) is 0 Å². The molecule has 0 saturated heterocycles. The van der Waals surface area contributed by atoms with Crippen molar-refractivity contribution in [2.24, 2.45) is 0 Å². The minimum absolute atomic E-state index is 0.266. The zero-order valence-corrected chi connectivity index (χ0v) is 8.84. The van der Waals surface area contributed by atoms with E-state index in [1.165, 1.54) is 6.33 Å². The Labute approximate surface area is 83.7 Å². The topological polar surface area (TPSA) is 60.2 Å². The van der Waals surface area contributed by atoms with Crippen molar-refractivity contribution in [3.8, 4) is 0 Å². The van der Waals surface area contributed by atoms with E-state index in [-0.39, 0.29) is 6.04 Å². The van der Waals surface area contributed by atoms with Gasteiger partial charge in [-0.3, -0.25) is 0 Å². The van der Waals surface area contributed by atoms with Crippen LogP contribution in [0.5, 0.6) is 0 Å². The molecule has 0 aromatic carbocycles. The van der Waals surface area contributed by atoms with Crippen LogP contribution in [-0.2, 0) is 11.2 Å². The fraction of sp³-hybridized carbons (Fsp3) is 0.778. The molecule has 0 saturated carbocycles. The van der Waals surface area contributed by atoms with E-state index in [2.05, 4.69) is 10.1 Å². The highest BCUT2D eigenvalue weighted by Crippen LogP contribution is 2.07. The Kier molecular flexibility index (Phi) is 4.03. The molecule has 1 atom stereocenters. The second kappa shape index (κ2) is 5.07. The molecule has 0 aliphatic heterocycles. The van der Waals surface area contributed by atoms with Crippen LogP contribution in [0, 0.1) is 0 Å². The first-order chi connectivity index (χ1) is 6.65. The number of hydrogen-bond acceptors (Lipinski definition) is 4. The SMILES string of the molecule is COCC(O)Cc1ncnn1C(C)C. The number of aromatic nitrogens is 3. The lowest BCUT2D eigenvalue weighted by molar-refractivity contribution is 0.0629. The average Bonchev–Trinajstić information content (AvgIpc) is 2.52. The van der Waals surface area contributed by atoms with Gasteiger partial charge in [0.15, 0.2) is 0 Å². The third-order valence-electron chi connectivity index (χ3n) is 1.91. The zero-order chi connectivity index (χ0) is 10.6. The maximum absolute atomic E-state index is 9.52. The third-order valence-corrected chi connectivity index (χ3v) is 1.91. The lowest BCUT2D eigenvalue weighted by Gasteiger charge is -2.12. The van der Waals surface area contributed by atoms with Crippen molar-refractivity contribution in [2.45, 2.75) is 32.4 Å². The molecule has 0 fully saturated rings. The fourth-order valence-corrected chi connectivity index (χ4v) is 1.31. The Morgan fingerprint density at radius 1 is 1.57 bits per heavy atom. The monoisotopic (exact) mass is 199 g/mol. The fourth-order valence-electron chi connectivity index (χ4n) is 1.31. The van der Waals surface area contributed by atoms with Crippen LogP contribution in [0.1, 0.15) is 25.7 Å². The van der Waals surface area contributed by atoms with Crippen molar-refractivity contribution >= 4 is 0 Å². The molecule has 1 N–H and O–H groups in total. The molecule has 1 unspecified atom stereocenters. The highest BCUT2D eigenvalue weighted by molar-refractivity contribution is 4.89. The highest BCUT2D eigenvalue weighted by atomic mass is 16.5. The minimum atomic E-state index is -0.512. The van der Waals surface area contributed by atoms with E-state index >= 15 is 0 Å². The summed E-state index contributed by atoms with van der Waals surface area (Å²) < 4.78 is 6.65. The van der Waals surface area contributed by atoms with Crippen molar-refractivity contribution in [2.75, 3.05) is 13.7 Å². The number of ether oxygens (including phenoxy) is 1. The van der Waals surface area contributed by atoms with Gasteiger partial charge in [0, 0.05) is 19.6 Å². The van der Waals surface area contributed by atoms with E-state index in [1.807, 2.05) is 13.8 Å². The van der Waals surface area contributed by atoms with Gasteiger partial charge in [0.25, 0.3) is 0 Å². The first kappa shape index (κ1) is 11.1. The van der Waals surface area contributed by atoms with Crippen molar-refractivity contribution in [1.82, 2.24) is 14.8 Å². The van der Waals surface area contributed by atoms with Crippen LogP contribution in [0.25, 0.3) is 0 Å². The maximum Gasteiger partial charge on any atom is 0.138 e. The predicted molar refractivity (Wildman–Crippen MR) is 52.0 cm³/mol. The Bertz CT molecular complexity index is 273. The summed E-state index contributed by atoms with van der Waals surface area (Å²) >= 11 is 0. The van der Waals surface area contributed by atoms with Crippen LogP contribution in [-0.4, -0.2) is 39.7 Å². The van der Waals surface area contributed by atoms with Crippen molar-refractivity contribution < 1.29 is 9.84 Å². The van der Waals surface area contributed by atoms with Crippen molar-refractivity contribution in [3.05, 3.63) is 12.2 Å². The summed E-state index contributed by atoms with van der Waals surface area (Å²) in [6.45, 7) is 4.38. The van der Waals surface area contributed by atoms with Crippen LogP contribution in [0.4, 0.5) is 0 Å². The summed E-state index contributed by atoms with van der Waals surface area (Å²) in [6.07, 6.45) is 1.47. The van der Waals surface area contributed by atoms with Gasteiger partial charge in [0.05, 0.1) is 12.7 Å². The molecule has 0 radical (unpaired) electrons. The number of aliphatic hydroxyl groups excluding tert-OH is 1. The molecule has 5 heteroatoms. The molecule has 1 aromatic heterocycles. The van der Waals surface area contributed by atoms with Gasteiger partial charge in [-0.1, -0.05) is 0 Å². The summed E-state index contributed by atoms with van der Waals surface area (Å²) in [5, 5.41) is 13.6. The Balaban J connectivity index is 2.61. The van der Waals surface area contributed by atoms with Gasteiger partial charge in [-0.25, -0.2) is 9.67 Å². The molecule has 0 aliphatic rings. The number of methoxy groups -OCH3 is 1. The quantitative estimate of drug-likeness (QED) is 0.746. The second-order valence-corrected chi connectivity index (χ2v) is 3.53. The van der Waals surface area contributed by atoms with E-state index in [0.717, 1.165) is 5.82 Å². The van der Waals surface area contributed by atoms with Gasteiger partial charge in [-0.2, -0.15) is 5.10 Å². The van der Waals surface area contributed by atoms with Crippen LogP contribution in [0.3, 0.4) is 0 Å². The van der Waals surface area contributed by atoms with Gasteiger partial charge in [-0.05, 0) is 13.8 Å². The van der Waals surface area contributed by atoms with Gasteiger partial charge in [0.1, 0.15) is 12.2 Å². The molecule has 0 amide bonds. The second-order valence-electron chi connectivity index (χ2n) is 3.53. The smallest absolute Gasteiger partial charge is 0.138 e. The van der Waals surface area contributed by atoms with Crippen LogP contribution < -0.4 is 0 Å². The normalized spacial score (nSPS) is 13.5. The molecule has 1 aromatic rings. The van der Waals surface area contributed by atoms with E-state index < -0.39 is 6.10 Å². The summed E-state index contributed by atoms with van der Waals surface area (Å²) in [6, 6.07) is 0.266. The lowest BCUT2D eigenvalue weighted by Crippen LogP contribution is -2.20. The average molecular weight is 199 g/mol. The molecular weight excluding hydrogens is 182 g/mol. The summed E-state index contributed by atoms with van der Waals surface area (Å²) in [5.41, 5.74) is 0. The first-order valence-electron chi connectivity index (χ1n) is 4.70. The molecule has 5 nitrogen and oxygen atoms in total. The van der Waals surface area contributed by atoms with E-state index in [9.17, 15) is 5.11 Å². The van der Waals surface area contributed by atoms with Gasteiger partial charge >= 0.3 is 0 Å². The largest absolute Gasteiger partial charge is 0.390 e. The Morgan fingerprint density at radius 3 is 2.86 bits per heavy atom. The maximum atomic E-state index is 9.52. The zero-order valence-electron chi connectivity index (χ0n) is 8.84. The Hall–Kier alpha value is -0.940. The number of aliphatic hydroxyl groups is 1. The third kappa shape index (κ3) is 2.78. The Morgan fingerprint density at radius 2 is 2.29 bits per heavy atom. The molecule has 80 valence electrons. The number of rotatable bonds is 5.